The van der Waals surface area contributed by atoms with Crippen molar-refractivity contribution >= 4 is 21.8 Å². The molecule has 0 radical (unpaired) electrons. The molecule has 7 nitrogen and oxygen atoms in total. The smallest absolute Gasteiger partial charge is 0.326 e. The maximum absolute atomic E-state index is 14.4. The Balaban J connectivity index is 1.90. The number of anilines is 1. The van der Waals surface area contributed by atoms with E-state index in [0.717, 1.165) is 19.3 Å². The van der Waals surface area contributed by atoms with E-state index in [2.05, 4.69) is 0 Å². The predicted octanol–water partition coefficient (Wildman–Crippen LogP) is 0.382. The van der Waals surface area contributed by atoms with Gasteiger partial charge in [0.1, 0.15) is 18.0 Å². The molecule has 1 heterocycles. The van der Waals surface area contributed by atoms with Crippen LogP contribution in [0.1, 0.15) is 24.8 Å². The molecule has 1 amide bonds. The average molecular weight is 343 g/mol. The monoisotopic (exact) mass is 343 g/mol. The standard InChI is InChI=1S/C14H18FN3O4S/c15-10-5-8(4-9-2-1-3-11(9)16)6-12(19)14(10)18-7-13(20)17-23(18,21)22/h5-6,9,11,19H,1-4,7,16H2,(H,17,20). The number of phenolic OH excluding ortho intramolecular Hbond substituents is 1. The number of rotatable bonds is 3. The molecule has 9 heteroatoms. The Kier molecular flexibility index (Phi) is 3.93. The van der Waals surface area contributed by atoms with Crippen LogP contribution in [0.15, 0.2) is 12.1 Å². The molecule has 1 saturated heterocycles. The maximum Gasteiger partial charge on any atom is 0.326 e. The SMILES string of the molecule is NC1CCCC1Cc1cc(O)c(N2CC(=O)NS2(=O)=O)c(F)c1. The predicted molar refractivity (Wildman–Crippen MR) is 81.5 cm³/mol. The van der Waals surface area contributed by atoms with Crippen LogP contribution in [-0.4, -0.2) is 32.0 Å². The van der Waals surface area contributed by atoms with Gasteiger partial charge in [0, 0.05) is 6.04 Å². The lowest BCUT2D eigenvalue weighted by molar-refractivity contribution is -0.117. The van der Waals surface area contributed by atoms with Gasteiger partial charge in [-0.15, -0.1) is 0 Å². The van der Waals surface area contributed by atoms with E-state index in [1.807, 2.05) is 0 Å². The van der Waals surface area contributed by atoms with Gasteiger partial charge in [-0.2, -0.15) is 8.42 Å². The highest BCUT2D eigenvalue weighted by Crippen LogP contribution is 2.36. The molecule has 0 bridgehead atoms. The first-order chi connectivity index (χ1) is 10.8. The molecule has 1 aromatic rings. The largest absolute Gasteiger partial charge is 0.506 e. The molecule has 2 fully saturated rings. The summed E-state index contributed by atoms with van der Waals surface area (Å²) in [5, 5.41) is 10.1. The highest BCUT2D eigenvalue weighted by atomic mass is 32.2. The van der Waals surface area contributed by atoms with Gasteiger partial charge >= 0.3 is 10.2 Å². The van der Waals surface area contributed by atoms with Gasteiger partial charge in [-0.25, -0.2) is 13.4 Å². The first-order valence-corrected chi connectivity index (χ1v) is 8.82. The van der Waals surface area contributed by atoms with Gasteiger partial charge in [0.2, 0.25) is 0 Å². The molecule has 2 unspecified atom stereocenters. The first-order valence-electron chi connectivity index (χ1n) is 7.38. The van der Waals surface area contributed by atoms with E-state index in [0.29, 0.717) is 16.3 Å². The summed E-state index contributed by atoms with van der Waals surface area (Å²) in [5.41, 5.74) is 6.04. The van der Waals surface area contributed by atoms with Crippen molar-refractivity contribution in [2.75, 3.05) is 10.8 Å². The minimum absolute atomic E-state index is 0.0562. The zero-order valence-corrected chi connectivity index (χ0v) is 13.1. The Hall–Kier alpha value is -1.87. The fraction of sp³-hybridized carbons (Fsp3) is 0.500. The molecule has 1 aliphatic carbocycles. The minimum Gasteiger partial charge on any atom is -0.506 e. The highest BCUT2D eigenvalue weighted by Gasteiger charge is 2.37. The second kappa shape index (κ2) is 5.64. The Morgan fingerprint density at radius 1 is 1.39 bits per heavy atom. The van der Waals surface area contributed by atoms with Crippen molar-refractivity contribution in [1.29, 1.82) is 0 Å². The fourth-order valence-corrected chi connectivity index (χ4v) is 4.44. The number of hydrogen-bond donors (Lipinski definition) is 3. The van der Waals surface area contributed by atoms with Crippen LogP contribution >= 0.6 is 0 Å². The molecule has 0 spiro atoms. The highest BCUT2D eigenvalue weighted by molar-refractivity contribution is 7.92. The van der Waals surface area contributed by atoms with E-state index in [1.165, 1.54) is 12.1 Å². The number of carbonyl (C=O) groups is 1. The maximum atomic E-state index is 14.4. The Bertz CT molecular complexity index is 729. The van der Waals surface area contributed by atoms with Crippen LogP contribution in [0.2, 0.25) is 0 Å². The summed E-state index contributed by atoms with van der Waals surface area (Å²) in [4.78, 5) is 11.2. The summed E-state index contributed by atoms with van der Waals surface area (Å²) in [5.74, 6) is -1.94. The molecule has 1 aliphatic heterocycles. The van der Waals surface area contributed by atoms with E-state index in [-0.39, 0.29) is 12.0 Å². The lowest BCUT2D eigenvalue weighted by Crippen LogP contribution is -2.30. The van der Waals surface area contributed by atoms with Crippen molar-refractivity contribution in [2.24, 2.45) is 11.7 Å². The molecule has 1 saturated carbocycles. The number of nitrogens with one attached hydrogen (secondary N) is 1. The zero-order chi connectivity index (χ0) is 16.8. The number of aromatic hydroxyl groups is 1. The number of halogens is 1. The summed E-state index contributed by atoms with van der Waals surface area (Å²) < 4.78 is 40.2. The lowest BCUT2D eigenvalue weighted by Gasteiger charge is -2.19. The summed E-state index contributed by atoms with van der Waals surface area (Å²) in [6.07, 6.45) is 3.43. The fourth-order valence-electron chi connectivity index (χ4n) is 3.27. The second-order valence-electron chi connectivity index (χ2n) is 6.04. The van der Waals surface area contributed by atoms with E-state index in [9.17, 15) is 22.7 Å². The van der Waals surface area contributed by atoms with Gasteiger partial charge in [-0.1, -0.05) is 6.42 Å². The van der Waals surface area contributed by atoms with Crippen molar-refractivity contribution in [3.63, 3.8) is 0 Å². The number of hydrogen-bond acceptors (Lipinski definition) is 5. The molecule has 2 aliphatic rings. The van der Waals surface area contributed by atoms with Crippen LogP contribution in [0.25, 0.3) is 0 Å². The number of nitrogens with zero attached hydrogens (tertiary/aromatic N) is 1. The average Bonchev–Trinajstić information content (AvgIpc) is 2.92. The van der Waals surface area contributed by atoms with Crippen molar-refractivity contribution in [1.82, 2.24) is 4.72 Å². The third-order valence-electron chi connectivity index (χ3n) is 4.39. The molecular formula is C14H18FN3O4S. The Labute approximate surface area is 133 Å². The van der Waals surface area contributed by atoms with E-state index in [4.69, 9.17) is 5.73 Å². The van der Waals surface area contributed by atoms with Crippen LogP contribution in [-0.2, 0) is 21.4 Å². The topological polar surface area (TPSA) is 113 Å². The van der Waals surface area contributed by atoms with Gasteiger partial charge in [0.25, 0.3) is 5.91 Å². The second-order valence-corrected chi connectivity index (χ2v) is 7.64. The lowest BCUT2D eigenvalue weighted by atomic mass is 9.94. The third-order valence-corrected chi connectivity index (χ3v) is 5.77. The number of benzene rings is 1. The third kappa shape index (κ3) is 2.98. The van der Waals surface area contributed by atoms with Gasteiger partial charge in [-0.05, 0) is 42.9 Å². The number of nitrogens with two attached hydrogens (primary N) is 1. The van der Waals surface area contributed by atoms with E-state index in [1.54, 1.807) is 4.72 Å². The van der Waals surface area contributed by atoms with Gasteiger partial charge in [0.05, 0.1) is 0 Å². The summed E-state index contributed by atoms with van der Waals surface area (Å²) >= 11 is 0. The molecule has 23 heavy (non-hydrogen) atoms. The van der Waals surface area contributed by atoms with E-state index < -0.39 is 39.9 Å². The van der Waals surface area contributed by atoms with Crippen LogP contribution in [0, 0.1) is 11.7 Å². The summed E-state index contributed by atoms with van der Waals surface area (Å²) in [6.45, 7) is -0.556. The number of phenols is 1. The minimum atomic E-state index is -4.16. The van der Waals surface area contributed by atoms with Crippen LogP contribution in [0.5, 0.6) is 5.75 Å². The van der Waals surface area contributed by atoms with Crippen LogP contribution < -0.4 is 14.8 Å². The molecule has 4 N–H and O–H groups in total. The number of carbonyl (C=O) groups excluding carboxylic acids is 1. The van der Waals surface area contributed by atoms with Crippen molar-refractivity contribution in [3.05, 3.63) is 23.5 Å². The normalized spacial score (nSPS) is 26.5. The van der Waals surface area contributed by atoms with Crippen LogP contribution in [0.4, 0.5) is 10.1 Å². The van der Waals surface area contributed by atoms with Gasteiger partial charge < -0.3 is 10.8 Å². The molecule has 3 rings (SSSR count). The summed E-state index contributed by atoms with van der Waals surface area (Å²) in [7, 11) is -4.16. The number of amides is 1. The Morgan fingerprint density at radius 2 is 2.13 bits per heavy atom. The molecule has 1 aromatic carbocycles. The zero-order valence-electron chi connectivity index (χ0n) is 12.3. The van der Waals surface area contributed by atoms with Crippen molar-refractivity contribution in [3.8, 4) is 5.75 Å². The molecule has 0 aromatic heterocycles. The molecule has 126 valence electrons. The summed E-state index contributed by atoms with van der Waals surface area (Å²) in [6, 6.07) is 2.58. The van der Waals surface area contributed by atoms with Gasteiger partial charge in [0.15, 0.2) is 5.82 Å². The van der Waals surface area contributed by atoms with Crippen molar-refractivity contribution in [2.45, 2.75) is 31.7 Å². The Morgan fingerprint density at radius 3 is 2.65 bits per heavy atom. The first kappa shape index (κ1) is 16.0. The molecule has 2 atom stereocenters. The van der Waals surface area contributed by atoms with Gasteiger partial charge in [-0.3, -0.25) is 4.79 Å². The quantitative estimate of drug-likeness (QED) is 0.734. The molecular weight excluding hydrogens is 325 g/mol. The van der Waals surface area contributed by atoms with Crippen LogP contribution in [0.3, 0.4) is 0 Å². The van der Waals surface area contributed by atoms with Crippen molar-refractivity contribution < 1.29 is 22.7 Å². The van der Waals surface area contributed by atoms with E-state index >= 15 is 0 Å².